The quantitative estimate of drug-likeness (QED) is 0.550. The Bertz CT molecular complexity index is 360. The Morgan fingerprint density at radius 3 is 2.37 bits per heavy atom. The third-order valence-electron chi connectivity index (χ3n) is 3.09. The van der Waals surface area contributed by atoms with E-state index < -0.39 is 0 Å². The van der Waals surface area contributed by atoms with Crippen LogP contribution >= 0.6 is 0 Å². The minimum Gasteiger partial charge on any atom is -0.494 e. The van der Waals surface area contributed by atoms with Crippen molar-refractivity contribution in [1.82, 2.24) is 0 Å². The van der Waals surface area contributed by atoms with Crippen molar-refractivity contribution in [1.29, 1.82) is 0 Å². The van der Waals surface area contributed by atoms with E-state index >= 15 is 0 Å². The van der Waals surface area contributed by atoms with Crippen LogP contribution in [0.25, 0.3) is 0 Å². The average Bonchev–Trinajstić information content (AvgIpc) is 2.46. The van der Waals surface area contributed by atoms with E-state index in [2.05, 4.69) is 14.0 Å². The molecule has 0 spiro atoms. The summed E-state index contributed by atoms with van der Waals surface area (Å²) in [7, 11) is 3.47. The molecule has 0 saturated heterocycles. The van der Waals surface area contributed by atoms with Gasteiger partial charge in [0.2, 0.25) is 0 Å². The number of ether oxygens (including phenoxy) is 1. The maximum absolute atomic E-state index is 11.4. The van der Waals surface area contributed by atoms with Crippen LogP contribution in [0.4, 0.5) is 0 Å². The number of primary amides is 1. The van der Waals surface area contributed by atoms with Crippen molar-refractivity contribution in [2.45, 2.75) is 45.4 Å². The van der Waals surface area contributed by atoms with Gasteiger partial charge in [-0.1, -0.05) is 39.0 Å². The molecule has 3 heteroatoms. The first kappa shape index (κ1) is 15.7. The molecular weight excluding hydrogens is 238 g/mol. The van der Waals surface area contributed by atoms with Gasteiger partial charge in [0, 0.05) is 0 Å². The fraction of sp³-hybridized carbons (Fsp3) is 0.500. The number of hydrogen-bond donors (Lipinski definition) is 1. The summed E-state index contributed by atoms with van der Waals surface area (Å²) in [5, 5.41) is 1.33. The topological polar surface area (TPSA) is 42.9 Å². The number of unbranched alkanes of at least 4 members (excludes halogenated alkanes) is 5. The highest BCUT2D eigenvalue weighted by Crippen LogP contribution is 2.13. The number of quaternary nitrogens is 1. The molecule has 1 aromatic rings. The largest absolute Gasteiger partial charge is 0.494 e. The first-order valence-corrected chi connectivity index (χ1v) is 7.17. The Balaban J connectivity index is 2.18. The van der Waals surface area contributed by atoms with Gasteiger partial charge in [0.1, 0.15) is 5.75 Å². The van der Waals surface area contributed by atoms with E-state index in [9.17, 15) is 4.79 Å². The van der Waals surface area contributed by atoms with Gasteiger partial charge < -0.3 is 10.1 Å². The molecule has 0 aromatic heterocycles. The van der Waals surface area contributed by atoms with Crippen molar-refractivity contribution in [2.24, 2.45) is 0 Å². The highest BCUT2D eigenvalue weighted by molar-refractivity contribution is 5.86. The van der Waals surface area contributed by atoms with Crippen LogP contribution in [0.15, 0.2) is 24.3 Å². The lowest BCUT2D eigenvalue weighted by Crippen LogP contribution is -2.81. The predicted molar refractivity (Wildman–Crippen MR) is 76.9 cm³/mol. The standard InChI is InChI=1S/C16H25NO2/c1-3-4-5-6-7-8-13-19-15-11-9-14(10-12-15)16(18)17-2/h9-12H,2-8,13,17H2,1H3. The van der Waals surface area contributed by atoms with Gasteiger partial charge in [0.05, 0.1) is 12.2 Å². The molecule has 0 atom stereocenters. The van der Waals surface area contributed by atoms with Crippen molar-refractivity contribution in [3.63, 3.8) is 0 Å². The molecule has 19 heavy (non-hydrogen) atoms. The van der Waals surface area contributed by atoms with Crippen LogP contribution in [0, 0.1) is 7.05 Å². The molecule has 1 amide bonds. The minimum absolute atomic E-state index is 0.0533. The number of carbonyl (C=O) groups is 1. The average molecular weight is 263 g/mol. The number of benzene rings is 1. The van der Waals surface area contributed by atoms with E-state index in [1.807, 2.05) is 12.1 Å². The van der Waals surface area contributed by atoms with Crippen LogP contribution in [0.1, 0.15) is 55.8 Å². The molecule has 1 aromatic carbocycles. The van der Waals surface area contributed by atoms with Crippen molar-refractivity contribution in [2.75, 3.05) is 6.61 Å². The minimum atomic E-state index is -0.0533. The highest BCUT2D eigenvalue weighted by Gasteiger charge is 2.04. The van der Waals surface area contributed by atoms with E-state index in [1.54, 1.807) is 12.1 Å². The summed E-state index contributed by atoms with van der Waals surface area (Å²) in [5.74, 6) is 0.775. The molecule has 106 valence electrons. The fourth-order valence-electron chi connectivity index (χ4n) is 1.91. The number of nitrogens with two attached hydrogens (primary N) is 1. The normalized spacial score (nSPS) is 10.4. The molecule has 1 rings (SSSR count). The number of hydrogen-bond acceptors (Lipinski definition) is 2. The number of amides is 1. The molecule has 0 unspecified atom stereocenters. The van der Waals surface area contributed by atoms with Gasteiger partial charge in [-0.2, -0.15) is 0 Å². The molecule has 0 fully saturated rings. The lowest BCUT2D eigenvalue weighted by Gasteiger charge is -2.06. The zero-order chi connectivity index (χ0) is 13.9. The van der Waals surface area contributed by atoms with Crippen LogP contribution in [0.3, 0.4) is 0 Å². The van der Waals surface area contributed by atoms with Crippen LogP contribution < -0.4 is 10.1 Å². The van der Waals surface area contributed by atoms with Gasteiger partial charge in [0.15, 0.2) is 0 Å². The van der Waals surface area contributed by atoms with Crippen LogP contribution in [0.5, 0.6) is 5.75 Å². The predicted octanol–water partition coefficient (Wildman–Crippen LogP) is 2.92. The summed E-state index contributed by atoms with van der Waals surface area (Å²) in [5.41, 5.74) is 0.655. The molecule has 0 saturated carbocycles. The number of carbonyl (C=O) groups excluding carboxylic acids is 1. The third kappa shape index (κ3) is 6.39. The molecular formula is C16H25NO2. The second kappa shape index (κ2) is 9.56. The third-order valence-corrected chi connectivity index (χ3v) is 3.09. The summed E-state index contributed by atoms with van der Waals surface area (Å²) in [6, 6.07) is 7.24. The Morgan fingerprint density at radius 2 is 1.74 bits per heavy atom. The van der Waals surface area contributed by atoms with Gasteiger partial charge in [-0.3, -0.25) is 0 Å². The first-order chi connectivity index (χ1) is 9.27. The monoisotopic (exact) mass is 263 g/mol. The van der Waals surface area contributed by atoms with Crippen LogP contribution in [0.2, 0.25) is 0 Å². The Kier molecular flexibility index (Phi) is 7.91. The van der Waals surface area contributed by atoms with Gasteiger partial charge >= 0.3 is 5.91 Å². The summed E-state index contributed by atoms with van der Waals surface area (Å²) >= 11 is 0. The lowest BCUT2D eigenvalue weighted by atomic mass is 10.1. The zero-order valence-electron chi connectivity index (χ0n) is 11.9. The van der Waals surface area contributed by atoms with E-state index in [1.165, 1.54) is 37.4 Å². The molecule has 0 heterocycles. The summed E-state index contributed by atoms with van der Waals surface area (Å²) < 4.78 is 5.64. The zero-order valence-corrected chi connectivity index (χ0v) is 11.9. The molecule has 2 N–H and O–H groups in total. The summed E-state index contributed by atoms with van der Waals surface area (Å²) in [6.45, 7) is 2.98. The Hall–Kier alpha value is -1.35. The molecule has 0 aliphatic rings. The Morgan fingerprint density at radius 1 is 1.11 bits per heavy atom. The van der Waals surface area contributed by atoms with E-state index in [0.717, 1.165) is 18.8 Å². The van der Waals surface area contributed by atoms with Crippen LogP contribution in [-0.4, -0.2) is 12.5 Å². The molecule has 0 aliphatic carbocycles. The summed E-state index contributed by atoms with van der Waals surface area (Å²) in [4.78, 5) is 11.4. The van der Waals surface area contributed by atoms with Crippen LogP contribution in [-0.2, 0) is 0 Å². The van der Waals surface area contributed by atoms with Gasteiger partial charge in [0.25, 0.3) is 0 Å². The maximum Gasteiger partial charge on any atom is 0.316 e. The van der Waals surface area contributed by atoms with E-state index in [-0.39, 0.29) is 5.91 Å². The smallest absolute Gasteiger partial charge is 0.316 e. The second-order valence-electron chi connectivity index (χ2n) is 4.71. The molecule has 3 nitrogen and oxygen atoms in total. The van der Waals surface area contributed by atoms with Crippen molar-refractivity contribution in [3.8, 4) is 5.75 Å². The lowest BCUT2D eigenvalue weighted by molar-refractivity contribution is -0.489. The fourth-order valence-corrected chi connectivity index (χ4v) is 1.91. The van der Waals surface area contributed by atoms with Gasteiger partial charge in [-0.15, -0.1) is 7.05 Å². The highest BCUT2D eigenvalue weighted by atomic mass is 16.5. The second-order valence-corrected chi connectivity index (χ2v) is 4.71. The van der Waals surface area contributed by atoms with Crippen molar-refractivity contribution >= 4 is 5.91 Å². The first-order valence-electron chi connectivity index (χ1n) is 7.17. The number of rotatable bonds is 9. The Labute approximate surface area is 116 Å². The van der Waals surface area contributed by atoms with Gasteiger partial charge in [-0.05, 0) is 30.7 Å². The molecule has 0 bridgehead atoms. The van der Waals surface area contributed by atoms with Crippen molar-refractivity contribution in [3.05, 3.63) is 36.9 Å². The SMILES string of the molecule is [CH2-][NH2+]C(=O)c1ccc(OCCCCCCCC)cc1. The van der Waals surface area contributed by atoms with Gasteiger partial charge in [-0.25, -0.2) is 4.79 Å². The van der Waals surface area contributed by atoms with E-state index in [0.29, 0.717) is 5.56 Å². The molecule has 0 radical (unpaired) electrons. The molecule has 0 aliphatic heterocycles. The van der Waals surface area contributed by atoms with Crippen molar-refractivity contribution < 1.29 is 14.8 Å². The summed E-state index contributed by atoms with van der Waals surface area (Å²) in [6.07, 6.45) is 7.56. The maximum atomic E-state index is 11.4. The van der Waals surface area contributed by atoms with E-state index in [4.69, 9.17) is 4.74 Å².